The Balaban J connectivity index is 1.52. The molecule has 1 aliphatic carbocycles. The molecule has 1 aromatic carbocycles. The van der Waals surface area contributed by atoms with Crippen molar-refractivity contribution in [2.24, 2.45) is 5.92 Å². The van der Waals surface area contributed by atoms with E-state index in [1.165, 1.54) is 56.1 Å². The van der Waals surface area contributed by atoms with Crippen molar-refractivity contribution in [3.63, 3.8) is 0 Å². The van der Waals surface area contributed by atoms with Crippen molar-refractivity contribution in [2.45, 2.75) is 39.0 Å². The summed E-state index contributed by atoms with van der Waals surface area (Å²) in [6.07, 6.45) is 6.78. The highest BCUT2D eigenvalue weighted by molar-refractivity contribution is 7.22. The number of nitro benzene ring substituents is 1. The predicted molar refractivity (Wildman–Crippen MR) is 113 cm³/mol. The van der Waals surface area contributed by atoms with Crippen LogP contribution in [0.2, 0.25) is 0 Å². The van der Waals surface area contributed by atoms with Gasteiger partial charge in [0.25, 0.3) is 11.2 Å². The Bertz CT molecular complexity index is 931. The van der Waals surface area contributed by atoms with Crippen molar-refractivity contribution in [3.8, 4) is 0 Å². The molecule has 1 saturated carbocycles. The highest BCUT2D eigenvalue weighted by atomic mass is 32.1. The van der Waals surface area contributed by atoms with E-state index in [9.17, 15) is 14.9 Å². The number of aryl methyl sites for hydroxylation is 1. The van der Waals surface area contributed by atoms with E-state index in [4.69, 9.17) is 0 Å². The van der Waals surface area contributed by atoms with E-state index in [-0.39, 0.29) is 11.2 Å². The molecule has 2 fully saturated rings. The molecule has 2 heterocycles. The molecule has 0 radical (unpaired) electrons. The molecule has 7 nitrogen and oxygen atoms in total. The van der Waals surface area contributed by atoms with Crippen LogP contribution >= 0.6 is 11.3 Å². The second-order valence-electron chi connectivity index (χ2n) is 8.01. The van der Waals surface area contributed by atoms with Gasteiger partial charge in [0.1, 0.15) is 4.70 Å². The predicted octanol–water partition coefficient (Wildman–Crippen LogP) is 3.58. The van der Waals surface area contributed by atoms with Crippen LogP contribution in [0.5, 0.6) is 0 Å². The van der Waals surface area contributed by atoms with E-state index in [0.29, 0.717) is 20.8 Å². The van der Waals surface area contributed by atoms with Crippen LogP contribution in [-0.4, -0.2) is 47.5 Å². The van der Waals surface area contributed by atoms with Gasteiger partial charge in [-0.2, -0.15) is 4.98 Å². The lowest BCUT2D eigenvalue weighted by Gasteiger charge is -2.37. The van der Waals surface area contributed by atoms with E-state index < -0.39 is 4.92 Å². The highest BCUT2D eigenvalue weighted by Gasteiger charge is 2.24. The summed E-state index contributed by atoms with van der Waals surface area (Å²) in [5, 5.41) is 12.4. The molecule has 2 aromatic rings. The molecule has 1 aromatic heterocycles. The summed E-state index contributed by atoms with van der Waals surface area (Å²) < 4.78 is 0.426. The molecule has 0 N–H and O–H groups in total. The summed E-state index contributed by atoms with van der Waals surface area (Å²) in [6, 6.07) is 3.23. The Kier molecular flexibility index (Phi) is 5.59. The molecule has 4 rings (SSSR count). The molecule has 0 unspecified atom stereocenters. The number of nitro groups is 1. The van der Waals surface area contributed by atoms with Crippen LogP contribution in [0.15, 0.2) is 16.9 Å². The van der Waals surface area contributed by atoms with Gasteiger partial charge in [-0.3, -0.25) is 19.8 Å². The Hall–Kier alpha value is -2.06. The summed E-state index contributed by atoms with van der Waals surface area (Å²) in [6.45, 7) is 6.44. The molecule has 1 aliphatic heterocycles. The van der Waals surface area contributed by atoms with Gasteiger partial charge in [0, 0.05) is 38.8 Å². The van der Waals surface area contributed by atoms with Gasteiger partial charge in [0.15, 0.2) is 5.13 Å². The van der Waals surface area contributed by atoms with Crippen LogP contribution in [-0.2, 0) is 0 Å². The number of fused-ring (bicyclic) bond motifs is 1. The molecule has 2 aliphatic rings. The number of aromatic nitrogens is 1. The molecule has 28 heavy (non-hydrogen) atoms. The fraction of sp³-hybridized carbons (Fsp3) is 0.600. The number of anilines is 1. The van der Waals surface area contributed by atoms with Crippen molar-refractivity contribution in [1.29, 1.82) is 0 Å². The quantitative estimate of drug-likeness (QED) is 0.574. The maximum Gasteiger partial charge on any atom is 0.287 e. The SMILES string of the molecule is Cc1cc([N+](=O)[O-])c2sc(N3CCN(CC4CCCCC4)CC3)nc(=O)c2c1. The van der Waals surface area contributed by atoms with Crippen LogP contribution < -0.4 is 10.5 Å². The average Bonchev–Trinajstić information content (AvgIpc) is 2.69. The molecule has 0 spiro atoms. The lowest BCUT2D eigenvalue weighted by atomic mass is 9.89. The molecule has 0 amide bonds. The van der Waals surface area contributed by atoms with Crippen molar-refractivity contribution in [1.82, 2.24) is 9.88 Å². The van der Waals surface area contributed by atoms with Crippen LogP contribution in [0, 0.1) is 23.0 Å². The highest BCUT2D eigenvalue weighted by Crippen LogP contribution is 2.33. The fourth-order valence-corrected chi connectivity index (χ4v) is 5.53. The second kappa shape index (κ2) is 8.13. The van der Waals surface area contributed by atoms with E-state index in [1.54, 1.807) is 13.0 Å². The third-order valence-electron chi connectivity index (χ3n) is 5.92. The van der Waals surface area contributed by atoms with Gasteiger partial charge >= 0.3 is 0 Å². The number of non-ortho nitro benzene ring substituents is 1. The number of hydrogen-bond donors (Lipinski definition) is 0. The zero-order valence-corrected chi connectivity index (χ0v) is 17.0. The third-order valence-corrected chi connectivity index (χ3v) is 7.08. The van der Waals surface area contributed by atoms with Crippen molar-refractivity contribution in [3.05, 3.63) is 38.2 Å². The van der Waals surface area contributed by atoms with Crippen molar-refractivity contribution in [2.75, 3.05) is 37.6 Å². The van der Waals surface area contributed by atoms with Crippen molar-refractivity contribution < 1.29 is 4.92 Å². The van der Waals surface area contributed by atoms with Crippen LogP contribution in [0.25, 0.3) is 10.1 Å². The van der Waals surface area contributed by atoms with E-state index in [0.717, 1.165) is 32.1 Å². The molecule has 150 valence electrons. The lowest BCUT2D eigenvalue weighted by Crippen LogP contribution is -2.48. The Morgan fingerprint density at radius 3 is 2.57 bits per heavy atom. The number of rotatable bonds is 4. The smallest absolute Gasteiger partial charge is 0.287 e. The van der Waals surface area contributed by atoms with E-state index in [1.807, 2.05) is 0 Å². The van der Waals surface area contributed by atoms with E-state index >= 15 is 0 Å². The molecular weight excluding hydrogens is 376 g/mol. The van der Waals surface area contributed by atoms with Gasteiger partial charge in [-0.1, -0.05) is 30.6 Å². The third kappa shape index (κ3) is 4.03. The summed E-state index contributed by atoms with van der Waals surface area (Å²) in [7, 11) is 0. The first-order valence-corrected chi connectivity index (χ1v) is 10.9. The van der Waals surface area contributed by atoms with Gasteiger partial charge in [-0.25, -0.2) is 0 Å². The van der Waals surface area contributed by atoms with Gasteiger partial charge in [0.2, 0.25) is 0 Å². The standard InChI is InChI=1S/C20H26N4O3S/c1-14-11-16-18(17(12-14)24(26)27)28-20(21-19(16)25)23-9-7-22(8-10-23)13-15-5-3-2-4-6-15/h11-12,15H,2-10,13H2,1H3. The molecule has 8 heteroatoms. The lowest BCUT2D eigenvalue weighted by molar-refractivity contribution is -0.382. The second-order valence-corrected chi connectivity index (χ2v) is 8.99. The zero-order valence-electron chi connectivity index (χ0n) is 16.2. The topological polar surface area (TPSA) is 79.6 Å². The first-order chi connectivity index (χ1) is 13.5. The van der Waals surface area contributed by atoms with Gasteiger partial charge in [-0.15, -0.1) is 0 Å². The van der Waals surface area contributed by atoms with Crippen molar-refractivity contribution >= 4 is 32.2 Å². The largest absolute Gasteiger partial charge is 0.345 e. The molecular formula is C20H26N4O3S. The normalized spacial score (nSPS) is 19.2. The summed E-state index contributed by atoms with van der Waals surface area (Å²) in [5.41, 5.74) is 0.325. The average molecular weight is 403 g/mol. The summed E-state index contributed by atoms with van der Waals surface area (Å²) in [4.78, 5) is 32.5. The Morgan fingerprint density at radius 2 is 1.89 bits per heavy atom. The summed E-state index contributed by atoms with van der Waals surface area (Å²) in [5.74, 6) is 0.820. The zero-order chi connectivity index (χ0) is 19.7. The van der Waals surface area contributed by atoms with Crippen LogP contribution in [0.3, 0.4) is 0 Å². The first-order valence-electron chi connectivity index (χ1n) is 10.1. The van der Waals surface area contributed by atoms with Crippen LogP contribution in [0.4, 0.5) is 10.8 Å². The molecule has 0 atom stereocenters. The Labute approximate surface area is 168 Å². The minimum atomic E-state index is -0.406. The molecule has 0 bridgehead atoms. The number of benzene rings is 1. The molecule has 1 saturated heterocycles. The van der Waals surface area contributed by atoms with E-state index in [2.05, 4.69) is 14.8 Å². The number of piperazine rings is 1. The maximum atomic E-state index is 12.5. The Morgan fingerprint density at radius 1 is 1.18 bits per heavy atom. The van der Waals surface area contributed by atoms with Gasteiger partial charge < -0.3 is 4.90 Å². The number of hydrogen-bond acceptors (Lipinski definition) is 7. The van der Waals surface area contributed by atoms with Gasteiger partial charge in [0.05, 0.1) is 10.3 Å². The monoisotopic (exact) mass is 402 g/mol. The minimum absolute atomic E-state index is 0.00307. The maximum absolute atomic E-state index is 12.5. The summed E-state index contributed by atoms with van der Waals surface area (Å²) >= 11 is 1.26. The number of nitrogens with zero attached hydrogens (tertiary/aromatic N) is 4. The fourth-order valence-electron chi connectivity index (χ4n) is 4.41. The van der Waals surface area contributed by atoms with Gasteiger partial charge in [-0.05, 0) is 37.3 Å². The van der Waals surface area contributed by atoms with Crippen LogP contribution in [0.1, 0.15) is 37.7 Å². The first kappa shape index (κ1) is 19.3. The minimum Gasteiger partial charge on any atom is -0.345 e.